The van der Waals surface area contributed by atoms with Crippen molar-refractivity contribution in [3.05, 3.63) is 0 Å². The number of hydrogen-bond acceptors (Lipinski definition) is 3. The second kappa shape index (κ2) is 8.54. The van der Waals surface area contributed by atoms with Crippen molar-refractivity contribution in [2.45, 2.75) is 39.5 Å². The summed E-state index contributed by atoms with van der Waals surface area (Å²) in [6.45, 7) is 7.23. The second-order valence-electron chi connectivity index (χ2n) is 6.12. The van der Waals surface area contributed by atoms with Gasteiger partial charge in [0.2, 0.25) is 5.91 Å². The third-order valence-corrected chi connectivity index (χ3v) is 3.99. The van der Waals surface area contributed by atoms with Crippen molar-refractivity contribution in [3.63, 3.8) is 0 Å². The highest BCUT2D eigenvalue weighted by molar-refractivity contribution is 5.79. The summed E-state index contributed by atoms with van der Waals surface area (Å²) in [5.41, 5.74) is 5.70. The van der Waals surface area contributed by atoms with E-state index < -0.39 is 0 Å². The smallest absolute Gasteiger partial charge is 0.225 e. The number of rotatable bonds is 7. The third-order valence-electron chi connectivity index (χ3n) is 3.99. The molecular weight excluding hydrogens is 240 g/mol. The van der Waals surface area contributed by atoms with Crippen molar-refractivity contribution in [1.82, 2.24) is 4.90 Å². The first-order valence-electron chi connectivity index (χ1n) is 7.56. The maximum Gasteiger partial charge on any atom is 0.225 e. The maximum atomic E-state index is 12.6. The molecule has 1 amide bonds. The van der Waals surface area contributed by atoms with Crippen molar-refractivity contribution >= 4 is 5.91 Å². The number of amides is 1. The summed E-state index contributed by atoms with van der Waals surface area (Å²) >= 11 is 0. The zero-order valence-corrected chi connectivity index (χ0v) is 12.7. The second-order valence-corrected chi connectivity index (χ2v) is 6.12. The van der Waals surface area contributed by atoms with Crippen LogP contribution in [0.5, 0.6) is 0 Å². The Balaban J connectivity index is 2.50. The molecule has 4 nitrogen and oxygen atoms in total. The minimum atomic E-state index is 0.207. The summed E-state index contributed by atoms with van der Waals surface area (Å²) in [7, 11) is 1.69. The highest BCUT2D eigenvalue weighted by Crippen LogP contribution is 2.29. The van der Waals surface area contributed by atoms with E-state index in [4.69, 9.17) is 10.5 Å². The van der Waals surface area contributed by atoms with Crippen LogP contribution in [-0.2, 0) is 9.53 Å². The lowest BCUT2D eigenvalue weighted by Gasteiger charge is -2.32. The van der Waals surface area contributed by atoms with Crippen LogP contribution in [0.15, 0.2) is 0 Å². The van der Waals surface area contributed by atoms with Gasteiger partial charge in [0.1, 0.15) is 0 Å². The molecule has 0 saturated heterocycles. The number of hydrogen-bond donors (Lipinski definition) is 1. The van der Waals surface area contributed by atoms with Crippen molar-refractivity contribution in [2.24, 2.45) is 23.5 Å². The molecule has 0 aromatic heterocycles. The van der Waals surface area contributed by atoms with Gasteiger partial charge in [-0.1, -0.05) is 13.8 Å². The Morgan fingerprint density at radius 2 is 1.95 bits per heavy atom. The van der Waals surface area contributed by atoms with Gasteiger partial charge in [0.15, 0.2) is 0 Å². The van der Waals surface area contributed by atoms with Gasteiger partial charge in [0, 0.05) is 26.1 Å². The molecule has 0 atom stereocenters. The summed E-state index contributed by atoms with van der Waals surface area (Å²) in [4.78, 5) is 14.6. The molecule has 0 heterocycles. The molecule has 1 aliphatic carbocycles. The van der Waals surface area contributed by atoms with Crippen LogP contribution in [-0.4, -0.2) is 44.2 Å². The zero-order chi connectivity index (χ0) is 14.3. The molecule has 0 spiro atoms. The van der Waals surface area contributed by atoms with E-state index in [1.807, 2.05) is 4.90 Å². The molecule has 112 valence electrons. The Hall–Kier alpha value is -0.610. The molecule has 0 aromatic carbocycles. The molecule has 1 fully saturated rings. The summed E-state index contributed by atoms with van der Waals surface area (Å²) in [5.74, 6) is 1.65. The van der Waals surface area contributed by atoms with Gasteiger partial charge in [0.05, 0.1) is 6.61 Å². The molecule has 1 saturated carbocycles. The Labute approximate surface area is 117 Å². The van der Waals surface area contributed by atoms with Crippen molar-refractivity contribution in [3.8, 4) is 0 Å². The summed E-state index contributed by atoms with van der Waals surface area (Å²) < 4.78 is 5.12. The van der Waals surface area contributed by atoms with E-state index >= 15 is 0 Å². The minimum Gasteiger partial charge on any atom is -0.383 e. The first kappa shape index (κ1) is 16.4. The largest absolute Gasteiger partial charge is 0.383 e. The molecular formula is C15H30N2O2. The number of nitrogens with zero attached hydrogens (tertiary/aromatic N) is 1. The van der Waals surface area contributed by atoms with E-state index in [1.54, 1.807) is 7.11 Å². The standard InChI is InChI=1S/C15H30N2O2/c1-12(2)11-17(8-9-19-3)15(18)14-6-4-13(10-16)5-7-14/h12-14H,4-11,16H2,1-3H3. The first-order valence-corrected chi connectivity index (χ1v) is 7.56. The lowest BCUT2D eigenvalue weighted by molar-refractivity contribution is -0.138. The third kappa shape index (κ3) is 5.49. The highest BCUT2D eigenvalue weighted by atomic mass is 16.5. The van der Waals surface area contributed by atoms with Crippen molar-refractivity contribution in [1.29, 1.82) is 0 Å². The van der Waals surface area contributed by atoms with Crippen molar-refractivity contribution < 1.29 is 9.53 Å². The number of ether oxygens (including phenoxy) is 1. The van der Waals surface area contributed by atoms with E-state index in [9.17, 15) is 4.79 Å². The quantitative estimate of drug-likeness (QED) is 0.768. The van der Waals surface area contributed by atoms with Crippen LogP contribution >= 0.6 is 0 Å². The molecule has 0 bridgehead atoms. The van der Waals surface area contributed by atoms with Gasteiger partial charge in [-0.2, -0.15) is 0 Å². The molecule has 0 aliphatic heterocycles. The topological polar surface area (TPSA) is 55.6 Å². The van der Waals surface area contributed by atoms with Crippen LogP contribution in [0, 0.1) is 17.8 Å². The first-order chi connectivity index (χ1) is 9.08. The van der Waals surface area contributed by atoms with Crippen LogP contribution in [0.3, 0.4) is 0 Å². The fourth-order valence-electron chi connectivity index (χ4n) is 2.84. The van der Waals surface area contributed by atoms with Gasteiger partial charge in [-0.05, 0) is 44.1 Å². The van der Waals surface area contributed by atoms with E-state index in [-0.39, 0.29) is 5.92 Å². The summed E-state index contributed by atoms with van der Waals surface area (Å²) in [5, 5.41) is 0. The number of nitrogens with two attached hydrogens (primary N) is 1. The molecule has 2 N–H and O–H groups in total. The Kier molecular flexibility index (Phi) is 7.39. The fourth-order valence-corrected chi connectivity index (χ4v) is 2.84. The van der Waals surface area contributed by atoms with E-state index in [2.05, 4.69) is 13.8 Å². The van der Waals surface area contributed by atoms with E-state index in [0.29, 0.717) is 30.9 Å². The van der Waals surface area contributed by atoms with Crippen LogP contribution in [0.1, 0.15) is 39.5 Å². The molecule has 4 heteroatoms. The Morgan fingerprint density at radius 1 is 1.32 bits per heavy atom. The molecule has 0 aromatic rings. The monoisotopic (exact) mass is 270 g/mol. The van der Waals surface area contributed by atoms with E-state index in [0.717, 1.165) is 38.8 Å². The predicted molar refractivity (Wildman–Crippen MR) is 77.8 cm³/mol. The molecule has 0 unspecified atom stereocenters. The number of carbonyl (C=O) groups excluding carboxylic acids is 1. The Bertz CT molecular complexity index is 261. The van der Waals surface area contributed by atoms with Crippen LogP contribution in [0.2, 0.25) is 0 Å². The van der Waals surface area contributed by atoms with Crippen LogP contribution in [0.4, 0.5) is 0 Å². The molecule has 1 aliphatic rings. The van der Waals surface area contributed by atoms with Crippen molar-refractivity contribution in [2.75, 3.05) is 33.4 Å². The molecule has 19 heavy (non-hydrogen) atoms. The zero-order valence-electron chi connectivity index (χ0n) is 12.7. The van der Waals surface area contributed by atoms with Gasteiger partial charge >= 0.3 is 0 Å². The van der Waals surface area contributed by atoms with Gasteiger partial charge < -0.3 is 15.4 Å². The minimum absolute atomic E-state index is 0.207. The number of methoxy groups -OCH3 is 1. The van der Waals surface area contributed by atoms with E-state index in [1.165, 1.54) is 0 Å². The lowest BCUT2D eigenvalue weighted by atomic mass is 9.81. The van der Waals surface area contributed by atoms with Crippen LogP contribution in [0.25, 0.3) is 0 Å². The predicted octanol–water partition coefficient (Wildman–Crippen LogP) is 1.88. The molecule has 0 radical (unpaired) electrons. The maximum absolute atomic E-state index is 12.6. The summed E-state index contributed by atoms with van der Waals surface area (Å²) in [6.07, 6.45) is 4.21. The van der Waals surface area contributed by atoms with Gasteiger partial charge in [-0.25, -0.2) is 0 Å². The fraction of sp³-hybridized carbons (Fsp3) is 0.933. The highest BCUT2D eigenvalue weighted by Gasteiger charge is 2.29. The van der Waals surface area contributed by atoms with Gasteiger partial charge in [-0.15, -0.1) is 0 Å². The number of carbonyl (C=O) groups is 1. The Morgan fingerprint density at radius 3 is 2.42 bits per heavy atom. The normalized spacial score (nSPS) is 23.6. The average molecular weight is 270 g/mol. The van der Waals surface area contributed by atoms with Gasteiger partial charge in [-0.3, -0.25) is 4.79 Å². The average Bonchev–Trinajstić information content (AvgIpc) is 2.42. The van der Waals surface area contributed by atoms with Gasteiger partial charge in [0.25, 0.3) is 0 Å². The van der Waals surface area contributed by atoms with Crippen LogP contribution < -0.4 is 5.73 Å². The summed E-state index contributed by atoms with van der Waals surface area (Å²) in [6, 6.07) is 0. The SMILES string of the molecule is COCCN(CC(C)C)C(=O)C1CCC(CN)CC1. The molecule has 1 rings (SSSR count). The lowest BCUT2D eigenvalue weighted by Crippen LogP contribution is -2.41.